The standard InChI is InChI=1S/C21H23N4O4S2/c1-15(2)14-17-4-8-19(9-5-17)30(26,27)24-18-6-10-20(11-7-18)31(28,29)25-21-22-13-12-16(3)23-21/h4-13,15,24H,14H2,1-3H3/q-1. The van der Waals surface area contributed by atoms with E-state index in [0.29, 0.717) is 11.6 Å². The number of nitrogens with zero attached hydrogens (tertiary/aromatic N) is 3. The molecule has 0 aliphatic heterocycles. The van der Waals surface area contributed by atoms with Crippen LogP contribution in [0.15, 0.2) is 70.6 Å². The molecule has 1 N–H and O–H groups in total. The maximum atomic E-state index is 12.6. The Bertz CT molecular complexity index is 1260. The maximum Gasteiger partial charge on any atom is 0.261 e. The highest BCUT2D eigenvalue weighted by Crippen LogP contribution is 2.26. The summed E-state index contributed by atoms with van der Waals surface area (Å²) in [6, 6.07) is 13.6. The van der Waals surface area contributed by atoms with Gasteiger partial charge in [-0.25, -0.2) is 16.8 Å². The second-order valence-electron chi connectivity index (χ2n) is 7.44. The number of sulfonamides is 2. The minimum Gasteiger partial charge on any atom is -0.366 e. The van der Waals surface area contributed by atoms with Crippen LogP contribution in [0.4, 0.5) is 11.6 Å². The first kappa shape index (κ1) is 22.7. The number of hydrogen-bond acceptors (Lipinski definition) is 6. The average Bonchev–Trinajstić information content (AvgIpc) is 2.68. The highest BCUT2D eigenvalue weighted by atomic mass is 32.2. The van der Waals surface area contributed by atoms with E-state index in [2.05, 4.69) is 33.3 Å². The van der Waals surface area contributed by atoms with Crippen molar-refractivity contribution < 1.29 is 16.8 Å². The minimum atomic E-state index is -4.03. The quantitative estimate of drug-likeness (QED) is 0.539. The van der Waals surface area contributed by atoms with Gasteiger partial charge in [0.25, 0.3) is 10.0 Å². The van der Waals surface area contributed by atoms with Gasteiger partial charge in [-0.15, -0.1) is 0 Å². The second kappa shape index (κ2) is 9.03. The monoisotopic (exact) mass is 459 g/mol. The largest absolute Gasteiger partial charge is 0.366 e. The van der Waals surface area contributed by atoms with Crippen LogP contribution in [0.3, 0.4) is 0 Å². The molecular formula is C21H23N4O4S2-. The van der Waals surface area contributed by atoms with Crippen molar-refractivity contribution in [3.05, 3.63) is 76.8 Å². The molecule has 0 atom stereocenters. The summed E-state index contributed by atoms with van der Waals surface area (Å²) in [7, 11) is -7.84. The molecule has 0 amide bonds. The van der Waals surface area contributed by atoms with E-state index in [0.717, 1.165) is 12.0 Å². The summed E-state index contributed by atoms with van der Waals surface area (Å²) in [6.07, 6.45) is 2.28. The van der Waals surface area contributed by atoms with Crippen LogP contribution in [0.5, 0.6) is 0 Å². The van der Waals surface area contributed by atoms with E-state index in [1.807, 2.05) is 0 Å². The van der Waals surface area contributed by atoms with Gasteiger partial charge in [0.15, 0.2) is 0 Å². The van der Waals surface area contributed by atoms with Crippen molar-refractivity contribution in [1.29, 1.82) is 0 Å². The Morgan fingerprint density at radius 2 is 1.52 bits per heavy atom. The van der Waals surface area contributed by atoms with Crippen molar-refractivity contribution >= 4 is 31.7 Å². The maximum absolute atomic E-state index is 12.6. The van der Waals surface area contributed by atoms with Crippen LogP contribution < -0.4 is 4.72 Å². The van der Waals surface area contributed by atoms with Crippen LogP contribution >= 0.6 is 0 Å². The first-order valence-electron chi connectivity index (χ1n) is 9.55. The van der Waals surface area contributed by atoms with Gasteiger partial charge in [0.2, 0.25) is 10.0 Å². The van der Waals surface area contributed by atoms with Crippen molar-refractivity contribution in [2.24, 2.45) is 5.92 Å². The normalized spacial score (nSPS) is 12.0. The summed E-state index contributed by atoms with van der Waals surface area (Å²) in [4.78, 5) is 7.81. The van der Waals surface area contributed by atoms with Crippen LogP contribution in [-0.2, 0) is 26.5 Å². The van der Waals surface area contributed by atoms with Gasteiger partial charge >= 0.3 is 0 Å². The molecule has 8 nitrogen and oxygen atoms in total. The van der Waals surface area contributed by atoms with Gasteiger partial charge in [-0.2, -0.15) is 0 Å². The third kappa shape index (κ3) is 6.02. The zero-order chi connectivity index (χ0) is 22.6. The molecule has 0 unspecified atom stereocenters. The fourth-order valence-electron chi connectivity index (χ4n) is 2.82. The van der Waals surface area contributed by atoms with E-state index in [-0.39, 0.29) is 21.4 Å². The minimum absolute atomic E-state index is 0.0985. The van der Waals surface area contributed by atoms with E-state index in [1.54, 1.807) is 37.3 Å². The third-order valence-corrected chi connectivity index (χ3v) is 6.93. The molecule has 0 bridgehead atoms. The smallest absolute Gasteiger partial charge is 0.261 e. The molecule has 0 aliphatic rings. The molecule has 0 saturated heterocycles. The van der Waals surface area contributed by atoms with Gasteiger partial charge in [-0.1, -0.05) is 32.0 Å². The van der Waals surface area contributed by atoms with E-state index in [1.165, 1.54) is 30.5 Å². The highest BCUT2D eigenvalue weighted by Gasteiger charge is 2.16. The van der Waals surface area contributed by atoms with Gasteiger partial charge in [-0.05, 0) is 73.1 Å². The Morgan fingerprint density at radius 3 is 2.10 bits per heavy atom. The van der Waals surface area contributed by atoms with E-state index >= 15 is 0 Å². The van der Waals surface area contributed by atoms with Crippen molar-refractivity contribution in [3.63, 3.8) is 0 Å². The van der Waals surface area contributed by atoms with Crippen molar-refractivity contribution in [1.82, 2.24) is 9.97 Å². The molecule has 31 heavy (non-hydrogen) atoms. The lowest BCUT2D eigenvalue weighted by atomic mass is 10.0. The molecular weight excluding hydrogens is 436 g/mol. The third-order valence-electron chi connectivity index (χ3n) is 4.27. The molecule has 0 fully saturated rings. The number of hydrogen-bond donors (Lipinski definition) is 1. The molecule has 0 aliphatic carbocycles. The first-order valence-corrected chi connectivity index (χ1v) is 12.5. The fraction of sp³-hybridized carbons (Fsp3) is 0.238. The molecule has 2 aromatic carbocycles. The number of nitrogens with one attached hydrogen (secondary N) is 1. The summed E-state index contributed by atoms with van der Waals surface area (Å²) in [6.45, 7) is 5.89. The van der Waals surface area contributed by atoms with Crippen LogP contribution in [-0.4, -0.2) is 26.8 Å². The number of aryl methyl sites for hydroxylation is 1. The lowest BCUT2D eigenvalue weighted by molar-refractivity contribution is 0.600. The molecule has 1 aromatic heterocycles. The Balaban J connectivity index is 1.73. The second-order valence-corrected chi connectivity index (χ2v) is 10.7. The Kier molecular flexibility index (Phi) is 6.61. The van der Waals surface area contributed by atoms with Crippen molar-refractivity contribution in [2.45, 2.75) is 37.0 Å². The number of anilines is 1. The van der Waals surface area contributed by atoms with Gasteiger partial charge < -0.3 is 9.97 Å². The fourth-order valence-corrected chi connectivity index (χ4v) is 4.77. The lowest BCUT2D eigenvalue weighted by Gasteiger charge is -2.14. The molecule has 0 radical (unpaired) electrons. The molecule has 0 spiro atoms. The molecule has 10 heteroatoms. The predicted octanol–water partition coefficient (Wildman–Crippen LogP) is 4.18. The van der Waals surface area contributed by atoms with Crippen LogP contribution in [0, 0.1) is 12.8 Å². The van der Waals surface area contributed by atoms with Crippen LogP contribution in [0.25, 0.3) is 4.72 Å². The zero-order valence-electron chi connectivity index (χ0n) is 17.3. The summed E-state index contributed by atoms with van der Waals surface area (Å²) in [5.74, 6) is 0.310. The van der Waals surface area contributed by atoms with Crippen LogP contribution in [0.1, 0.15) is 25.1 Å². The topological polar surface area (TPSA) is 120 Å². The Hall–Kier alpha value is -2.98. The molecule has 1 heterocycles. The summed E-state index contributed by atoms with van der Waals surface area (Å²) < 4.78 is 56.2. The molecule has 3 aromatic rings. The number of benzene rings is 2. The zero-order valence-corrected chi connectivity index (χ0v) is 19.0. The van der Waals surface area contributed by atoms with E-state index in [9.17, 15) is 16.8 Å². The van der Waals surface area contributed by atoms with Gasteiger partial charge in [0.1, 0.15) is 0 Å². The van der Waals surface area contributed by atoms with E-state index in [4.69, 9.17) is 0 Å². The van der Waals surface area contributed by atoms with Crippen molar-refractivity contribution in [3.8, 4) is 0 Å². The molecule has 3 rings (SSSR count). The van der Waals surface area contributed by atoms with Gasteiger partial charge in [-0.3, -0.25) is 9.44 Å². The number of rotatable bonds is 8. The van der Waals surface area contributed by atoms with Crippen LogP contribution in [0.2, 0.25) is 0 Å². The SMILES string of the molecule is Cc1ccnc([N-]S(=O)(=O)c2ccc(NS(=O)(=O)c3ccc(CC(C)C)cc3)cc2)n1. The average molecular weight is 460 g/mol. The number of aromatic nitrogens is 2. The molecule has 0 saturated carbocycles. The lowest BCUT2D eigenvalue weighted by Crippen LogP contribution is -2.13. The Morgan fingerprint density at radius 1 is 0.903 bits per heavy atom. The van der Waals surface area contributed by atoms with Crippen molar-refractivity contribution in [2.75, 3.05) is 4.72 Å². The van der Waals surface area contributed by atoms with Gasteiger partial charge in [0, 0.05) is 11.6 Å². The Labute approximate surface area is 182 Å². The molecule has 164 valence electrons. The summed E-state index contributed by atoms with van der Waals surface area (Å²) >= 11 is 0. The summed E-state index contributed by atoms with van der Waals surface area (Å²) in [5, 5.41) is 0. The predicted molar refractivity (Wildman–Crippen MR) is 119 cm³/mol. The van der Waals surface area contributed by atoms with Gasteiger partial charge in [0.05, 0.1) is 9.79 Å². The highest BCUT2D eigenvalue weighted by molar-refractivity contribution is 7.94. The van der Waals surface area contributed by atoms with E-state index < -0.39 is 20.0 Å². The first-order chi connectivity index (χ1) is 14.5. The summed E-state index contributed by atoms with van der Waals surface area (Å²) in [5.41, 5.74) is 1.88.